The Labute approximate surface area is 177 Å². The van der Waals surface area contributed by atoms with Gasteiger partial charge in [-0.15, -0.1) is 12.4 Å². The van der Waals surface area contributed by atoms with Crippen molar-refractivity contribution < 1.29 is 13.2 Å². The summed E-state index contributed by atoms with van der Waals surface area (Å²) < 4.78 is 27.4. The second kappa shape index (κ2) is 9.84. The molecule has 0 saturated heterocycles. The van der Waals surface area contributed by atoms with Crippen molar-refractivity contribution in [3.63, 3.8) is 0 Å². The van der Waals surface area contributed by atoms with Crippen molar-refractivity contribution in [3.8, 4) is 0 Å². The Morgan fingerprint density at radius 1 is 0.966 bits per heavy atom. The van der Waals surface area contributed by atoms with Gasteiger partial charge in [-0.3, -0.25) is 4.79 Å². The maximum atomic E-state index is 12.6. The highest BCUT2D eigenvalue weighted by Gasteiger charge is 2.19. The minimum absolute atomic E-state index is 0. The Morgan fingerprint density at radius 2 is 1.62 bits per heavy atom. The molecule has 0 saturated carbocycles. The number of amides is 1. The highest BCUT2D eigenvalue weighted by Crippen LogP contribution is 2.28. The van der Waals surface area contributed by atoms with E-state index in [4.69, 9.17) is 5.73 Å². The first kappa shape index (κ1) is 22.8. The Morgan fingerprint density at radius 3 is 2.31 bits per heavy atom. The number of carbonyl (C=O) groups excluding carboxylic acids is 1. The molecule has 0 aliphatic heterocycles. The molecule has 0 spiro atoms. The molecule has 8 heteroatoms. The van der Waals surface area contributed by atoms with Crippen LogP contribution in [0.2, 0.25) is 0 Å². The highest BCUT2D eigenvalue weighted by atomic mass is 35.5. The van der Waals surface area contributed by atoms with Crippen molar-refractivity contribution in [2.45, 2.75) is 24.3 Å². The molecule has 3 aromatic rings. The molecule has 3 rings (SSSR count). The van der Waals surface area contributed by atoms with Crippen LogP contribution in [0.3, 0.4) is 0 Å². The molecule has 1 unspecified atom stereocenters. The first-order chi connectivity index (χ1) is 13.4. The number of hydrogen-bond acceptors (Lipinski definition) is 4. The lowest BCUT2D eigenvalue weighted by atomic mass is 10.1. The summed E-state index contributed by atoms with van der Waals surface area (Å²) in [5, 5.41) is 4.02. The molecule has 0 bridgehead atoms. The average Bonchev–Trinajstić information content (AvgIpc) is 2.68. The molecule has 0 heterocycles. The molecule has 0 aliphatic rings. The van der Waals surface area contributed by atoms with Gasteiger partial charge < -0.3 is 11.1 Å². The molecular weight excluding hydrogens is 410 g/mol. The predicted octanol–water partition coefficient (Wildman–Crippen LogP) is 3.07. The van der Waals surface area contributed by atoms with Gasteiger partial charge in [0.25, 0.3) is 0 Å². The summed E-state index contributed by atoms with van der Waals surface area (Å²) in [6.07, 6.45) is 0.414. The van der Waals surface area contributed by atoms with Crippen LogP contribution < -0.4 is 15.8 Å². The minimum Gasteiger partial charge on any atom is -0.324 e. The first-order valence-corrected chi connectivity index (χ1v) is 10.5. The zero-order valence-electron chi connectivity index (χ0n) is 16.0. The maximum absolute atomic E-state index is 12.6. The van der Waals surface area contributed by atoms with E-state index >= 15 is 0 Å². The fraction of sp³-hybridized carbons (Fsp3) is 0.190. The van der Waals surface area contributed by atoms with Crippen LogP contribution in [0.1, 0.15) is 12.5 Å². The average molecular weight is 434 g/mol. The largest absolute Gasteiger partial charge is 0.324 e. The summed E-state index contributed by atoms with van der Waals surface area (Å²) in [4.78, 5) is 12.8. The molecule has 29 heavy (non-hydrogen) atoms. The lowest BCUT2D eigenvalue weighted by Crippen LogP contribution is -2.37. The van der Waals surface area contributed by atoms with Crippen LogP contribution in [-0.4, -0.2) is 26.9 Å². The van der Waals surface area contributed by atoms with E-state index in [1.807, 2.05) is 30.3 Å². The van der Waals surface area contributed by atoms with E-state index in [0.29, 0.717) is 29.4 Å². The van der Waals surface area contributed by atoms with Gasteiger partial charge in [0.05, 0.1) is 10.9 Å². The molecule has 4 N–H and O–H groups in total. The number of benzene rings is 3. The third-order valence-corrected chi connectivity index (χ3v) is 6.00. The highest BCUT2D eigenvalue weighted by molar-refractivity contribution is 7.89. The number of sulfonamides is 1. The van der Waals surface area contributed by atoms with Gasteiger partial charge in [0.15, 0.2) is 0 Å². The van der Waals surface area contributed by atoms with Crippen molar-refractivity contribution in [1.82, 2.24) is 4.72 Å². The Bertz CT molecular complexity index is 1090. The summed E-state index contributed by atoms with van der Waals surface area (Å²) in [7, 11) is -3.63. The van der Waals surface area contributed by atoms with E-state index in [0.717, 1.165) is 5.56 Å². The number of nitrogens with one attached hydrogen (secondary N) is 2. The van der Waals surface area contributed by atoms with Gasteiger partial charge in [-0.05, 0) is 24.1 Å². The summed E-state index contributed by atoms with van der Waals surface area (Å²) in [6, 6.07) is 19.0. The predicted molar refractivity (Wildman–Crippen MR) is 119 cm³/mol. The summed E-state index contributed by atoms with van der Waals surface area (Å²) in [5.41, 5.74) is 7.56. The number of carbonyl (C=O) groups is 1. The number of anilines is 1. The van der Waals surface area contributed by atoms with Crippen molar-refractivity contribution in [2.24, 2.45) is 5.73 Å². The number of rotatable bonds is 7. The summed E-state index contributed by atoms with van der Waals surface area (Å²) in [5.74, 6) is -0.323. The lowest BCUT2D eigenvalue weighted by Gasteiger charge is -2.15. The van der Waals surface area contributed by atoms with E-state index in [1.165, 1.54) is 0 Å². The third kappa shape index (κ3) is 5.33. The van der Waals surface area contributed by atoms with Gasteiger partial charge in [0.2, 0.25) is 15.9 Å². The van der Waals surface area contributed by atoms with Gasteiger partial charge in [0.1, 0.15) is 0 Å². The Balaban J connectivity index is 0.00000300. The van der Waals surface area contributed by atoms with Crippen LogP contribution in [0, 0.1) is 0 Å². The molecule has 0 aliphatic carbocycles. The second-order valence-electron chi connectivity index (χ2n) is 6.44. The van der Waals surface area contributed by atoms with Crippen LogP contribution in [-0.2, 0) is 21.2 Å². The molecule has 0 fully saturated rings. The van der Waals surface area contributed by atoms with E-state index in [1.54, 1.807) is 43.3 Å². The molecule has 1 amide bonds. The monoisotopic (exact) mass is 433 g/mol. The van der Waals surface area contributed by atoms with E-state index in [2.05, 4.69) is 10.0 Å². The summed E-state index contributed by atoms with van der Waals surface area (Å²) in [6.45, 7) is 2.02. The van der Waals surface area contributed by atoms with Gasteiger partial charge in [0, 0.05) is 23.0 Å². The number of fused-ring (bicyclic) bond motifs is 1. The zero-order valence-corrected chi connectivity index (χ0v) is 17.6. The molecule has 0 radical (unpaired) electrons. The van der Waals surface area contributed by atoms with Crippen molar-refractivity contribution in [1.29, 1.82) is 0 Å². The van der Waals surface area contributed by atoms with Gasteiger partial charge >= 0.3 is 0 Å². The Hall–Kier alpha value is -2.45. The SMILES string of the molecule is CCNS(=O)(=O)c1cccc2c(NC(=O)C(N)Cc3ccccc3)cccc12.Cl. The molecule has 6 nitrogen and oxygen atoms in total. The minimum atomic E-state index is -3.63. The maximum Gasteiger partial charge on any atom is 0.241 e. The second-order valence-corrected chi connectivity index (χ2v) is 8.18. The third-order valence-electron chi connectivity index (χ3n) is 4.40. The zero-order chi connectivity index (χ0) is 20.1. The van der Waals surface area contributed by atoms with Crippen molar-refractivity contribution in [2.75, 3.05) is 11.9 Å². The first-order valence-electron chi connectivity index (χ1n) is 9.04. The van der Waals surface area contributed by atoms with Gasteiger partial charge in [-0.2, -0.15) is 0 Å². The smallest absolute Gasteiger partial charge is 0.241 e. The summed E-state index contributed by atoms with van der Waals surface area (Å²) >= 11 is 0. The number of nitrogens with two attached hydrogens (primary N) is 1. The van der Waals surface area contributed by atoms with Crippen LogP contribution in [0.15, 0.2) is 71.6 Å². The standard InChI is InChI=1S/C21H23N3O3S.ClH/c1-2-23-28(26,27)20-13-7-10-16-17(20)11-6-12-19(16)24-21(25)18(22)14-15-8-4-3-5-9-15;/h3-13,18,23H,2,14,22H2,1H3,(H,24,25);1H. The normalized spacial score (nSPS) is 12.2. The molecule has 154 valence electrons. The number of halogens is 1. The van der Waals surface area contributed by atoms with E-state index in [-0.39, 0.29) is 23.2 Å². The fourth-order valence-corrected chi connectivity index (χ4v) is 4.34. The van der Waals surface area contributed by atoms with E-state index < -0.39 is 16.1 Å². The van der Waals surface area contributed by atoms with Crippen molar-refractivity contribution in [3.05, 3.63) is 72.3 Å². The Kier molecular flexibility index (Phi) is 7.75. The molecule has 3 aromatic carbocycles. The van der Waals surface area contributed by atoms with Crippen LogP contribution in [0.4, 0.5) is 5.69 Å². The van der Waals surface area contributed by atoms with Crippen molar-refractivity contribution >= 4 is 44.8 Å². The number of hydrogen-bond donors (Lipinski definition) is 3. The lowest BCUT2D eigenvalue weighted by molar-refractivity contribution is -0.117. The van der Waals surface area contributed by atoms with Crippen LogP contribution in [0.25, 0.3) is 10.8 Å². The molecular formula is C21H24ClN3O3S. The van der Waals surface area contributed by atoms with Gasteiger partial charge in [-0.25, -0.2) is 13.1 Å². The van der Waals surface area contributed by atoms with E-state index in [9.17, 15) is 13.2 Å². The molecule has 1 atom stereocenters. The fourth-order valence-electron chi connectivity index (χ4n) is 3.08. The quantitative estimate of drug-likeness (QED) is 0.533. The molecule has 0 aromatic heterocycles. The van der Waals surface area contributed by atoms with Gasteiger partial charge in [-0.1, -0.05) is 61.5 Å². The van der Waals surface area contributed by atoms with Crippen LogP contribution in [0.5, 0.6) is 0 Å². The topological polar surface area (TPSA) is 101 Å². The van der Waals surface area contributed by atoms with Crippen LogP contribution >= 0.6 is 12.4 Å².